The van der Waals surface area contributed by atoms with E-state index in [0.29, 0.717) is 0 Å². The summed E-state index contributed by atoms with van der Waals surface area (Å²) >= 11 is 0. The van der Waals surface area contributed by atoms with Crippen molar-refractivity contribution in [3.8, 4) is 0 Å². The molecule has 1 aliphatic rings. The molecule has 222 valence electrons. The van der Waals surface area contributed by atoms with Gasteiger partial charge in [0.05, 0.1) is 0 Å². The number of rotatable bonds is 19. The average molecular weight is 633 g/mol. The van der Waals surface area contributed by atoms with Crippen LogP contribution in [0.2, 0.25) is 0 Å². The average Bonchev–Trinajstić information content (AvgIpc) is 3.23. The molecule has 3 rings (SSSR count). The maximum atomic E-state index is 11.9. The second kappa shape index (κ2) is 19.3. The Morgan fingerprint density at radius 2 is 1.00 bits per heavy atom. The van der Waals surface area contributed by atoms with Gasteiger partial charge in [-0.1, -0.05) is 110 Å². The Hall–Kier alpha value is -1.82. The largest absolute Gasteiger partial charge is 0.493 e. The molecule has 40 heavy (non-hydrogen) atoms. The topological polar surface area (TPSA) is 25.3 Å². The maximum absolute atomic E-state index is 11.9. The van der Waals surface area contributed by atoms with Gasteiger partial charge in [0.1, 0.15) is 0 Å². The molecule has 0 bridgehead atoms. The van der Waals surface area contributed by atoms with Crippen LogP contribution in [0.5, 0.6) is 0 Å². The number of aryl methyl sites for hydroxylation is 2. The minimum Gasteiger partial charge on any atom is -0.493 e. The van der Waals surface area contributed by atoms with Crippen LogP contribution in [0.3, 0.4) is 0 Å². The first kappa shape index (κ1) is 34.4. The summed E-state index contributed by atoms with van der Waals surface area (Å²) in [7, 11) is 0. The fourth-order valence-corrected chi connectivity index (χ4v) is 5.88. The molecule has 1 heterocycles. The third kappa shape index (κ3) is 9.92. The molecule has 0 saturated heterocycles. The molecule has 0 unspecified atom stereocenters. The fraction of sp³-hybridized carbons (Fsp3) is 0.568. The van der Waals surface area contributed by atoms with Crippen LogP contribution in [0.1, 0.15) is 146 Å². The van der Waals surface area contributed by atoms with Crippen LogP contribution in [-0.2, 0) is 33.3 Å². The van der Waals surface area contributed by atoms with Crippen LogP contribution in [0, 0.1) is 0 Å². The van der Waals surface area contributed by atoms with Crippen molar-refractivity contribution in [2.24, 2.45) is 0 Å². The summed E-state index contributed by atoms with van der Waals surface area (Å²) in [4.78, 5) is 0. The summed E-state index contributed by atoms with van der Waals surface area (Å²) in [6, 6.07) is 18.0. The number of benzene rings is 2. The molecule has 3 heteroatoms. The summed E-state index contributed by atoms with van der Waals surface area (Å²) in [6.07, 6.45) is 20.6. The van der Waals surface area contributed by atoms with Crippen LogP contribution >= 0.6 is 0 Å². The second-order valence-corrected chi connectivity index (χ2v) is 11.5. The van der Waals surface area contributed by atoms with E-state index in [0.717, 1.165) is 61.0 Å². The van der Waals surface area contributed by atoms with Gasteiger partial charge in [0.2, 0.25) is 11.4 Å². The molecular formula is C37H54N2Pd. The summed E-state index contributed by atoms with van der Waals surface area (Å²) in [5.41, 5.74) is 21.7. The van der Waals surface area contributed by atoms with Gasteiger partial charge >= 0.3 is 0 Å². The van der Waals surface area contributed by atoms with E-state index in [1.54, 1.807) is 4.70 Å². The SMILES string of the molecule is CCCCCCCCc1ccc(C2=C(CCCC)C(CCCCC)=C(c3cccc(CCCC)c3)[N+]2=[N-])cc1.[Pd]. The molecular weight excluding hydrogens is 579 g/mol. The van der Waals surface area contributed by atoms with Crippen LogP contribution < -0.4 is 0 Å². The second-order valence-electron chi connectivity index (χ2n) is 11.5. The van der Waals surface area contributed by atoms with E-state index in [2.05, 4.69) is 76.2 Å². The molecule has 0 aliphatic carbocycles. The quantitative estimate of drug-likeness (QED) is 0.0836. The van der Waals surface area contributed by atoms with Crippen molar-refractivity contribution < 1.29 is 25.1 Å². The Balaban J connectivity index is 0.00000560. The van der Waals surface area contributed by atoms with Gasteiger partial charge in [0.15, 0.2) is 0 Å². The van der Waals surface area contributed by atoms with Gasteiger partial charge in [-0.3, -0.25) is 0 Å². The third-order valence-corrected chi connectivity index (χ3v) is 8.24. The molecule has 2 nitrogen and oxygen atoms in total. The van der Waals surface area contributed by atoms with E-state index in [4.69, 9.17) is 0 Å². The summed E-state index contributed by atoms with van der Waals surface area (Å²) in [6.45, 7) is 9.06. The van der Waals surface area contributed by atoms with Gasteiger partial charge in [-0.05, 0) is 86.8 Å². The van der Waals surface area contributed by atoms with Crippen LogP contribution in [-0.4, -0.2) is 4.70 Å². The minimum atomic E-state index is 0. The third-order valence-electron chi connectivity index (χ3n) is 8.24. The maximum Gasteiger partial charge on any atom is 0.211 e. The number of hydrogen-bond donors (Lipinski definition) is 0. The van der Waals surface area contributed by atoms with E-state index in [1.807, 2.05) is 0 Å². The number of unbranched alkanes of at least 4 members (excludes halogenated alkanes) is 9. The van der Waals surface area contributed by atoms with Crippen molar-refractivity contribution in [2.75, 3.05) is 0 Å². The Morgan fingerprint density at radius 1 is 0.500 bits per heavy atom. The number of nitrogens with zero attached hydrogens (tertiary/aromatic N) is 2. The minimum absolute atomic E-state index is 0. The van der Waals surface area contributed by atoms with Gasteiger partial charge < -0.3 is 5.53 Å². The molecule has 0 N–H and O–H groups in total. The molecule has 0 amide bonds. The smallest absolute Gasteiger partial charge is 0.211 e. The monoisotopic (exact) mass is 632 g/mol. The van der Waals surface area contributed by atoms with Crippen molar-refractivity contribution in [3.63, 3.8) is 0 Å². The molecule has 0 fully saturated rings. The molecule has 1 aliphatic heterocycles. The molecule has 2 aromatic carbocycles. The standard InChI is InChI=1S/C37H54N2.Pd/c1-5-9-13-14-15-17-20-30-25-27-32(28-26-30)36-34(23-12-8-4)35(24-16-10-6-2)37(39(36)38)33-22-18-21-31(29-33)19-11-7-3;/h18,21-22,25-29H,5-17,19-20,23-24H2,1-4H3;. The van der Waals surface area contributed by atoms with Gasteiger partial charge in [-0.25, -0.2) is 4.70 Å². The predicted molar refractivity (Wildman–Crippen MR) is 170 cm³/mol. The van der Waals surface area contributed by atoms with Crippen molar-refractivity contribution in [1.29, 1.82) is 0 Å². The predicted octanol–water partition coefficient (Wildman–Crippen LogP) is 11.9. The first-order chi connectivity index (χ1) is 19.1. The summed E-state index contributed by atoms with van der Waals surface area (Å²) in [5, 5.41) is 0. The fourth-order valence-electron chi connectivity index (χ4n) is 5.88. The summed E-state index contributed by atoms with van der Waals surface area (Å²) in [5.74, 6) is 0. The van der Waals surface area contributed by atoms with Crippen molar-refractivity contribution >= 4 is 11.4 Å². The molecule has 0 spiro atoms. The van der Waals surface area contributed by atoms with Crippen LogP contribution in [0.25, 0.3) is 16.9 Å². The molecule has 0 aromatic heterocycles. The van der Waals surface area contributed by atoms with Crippen molar-refractivity contribution in [1.82, 2.24) is 0 Å². The molecule has 2 aromatic rings. The zero-order valence-corrected chi connectivity index (χ0v) is 27.4. The van der Waals surface area contributed by atoms with E-state index in [9.17, 15) is 5.53 Å². The van der Waals surface area contributed by atoms with Crippen LogP contribution in [0.4, 0.5) is 0 Å². The van der Waals surface area contributed by atoms with Gasteiger partial charge in [0, 0.05) is 42.7 Å². The molecule has 0 radical (unpaired) electrons. The first-order valence-electron chi connectivity index (χ1n) is 16.3. The Kier molecular flexibility index (Phi) is 16.6. The zero-order valence-electron chi connectivity index (χ0n) is 25.9. The summed E-state index contributed by atoms with van der Waals surface area (Å²) < 4.78 is 1.55. The van der Waals surface area contributed by atoms with E-state index in [1.165, 1.54) is 92.9 Å². The van der Waals surface area contributed by atoms with E-state index >= 15 is 0 Å². The van der Waals surface area contributed by atoms with E-state index in [-0.39, 0.29) is 20.4 Å². The van der Waals surface area contributed by atoms with Crippen molar-refractivity contribution in [2.45, 2.75) is 137 Å². The zero-order chi connectivity index (χ0) is 27.9. The van der Waals surface area contributed by atoms with Crippen molar-refractivity contribution in [3.05, 3.63) is 87.5 Å². The Labute approximate surface area is 259 Å². The molecule has 0 atom stereocenters. The van der Waals surface area contributed by atoms with Gasteiger partial charge in [-0.2, -0.15) is 0 Å². The van der Waals surface area contributed by atoms with Gasteiger partial charge in [-0.15, -0.1) is 0 Å². The number of hydrogen-bond acceptors (Lipinski definition) is 0. The van der Waals surface area contributed by atoms with E-state index < -0.39 is 0 Å². The Morgan fingerprint density at radius 3 is 1.68 bits per heavy atom. The van der Waals surface area contributed by atoms with Crippen LogP contribution in [0.15, 0.2) is 59.7 Å². The molecule has 0 saturated carbocycles. The van der Waals surface area contributed by atoms with Gasteiger partial charge in [0.25, 0.3) is 0 Å². The Bertz CT molecular complexity index is 1090. The normalized spacial score (nSPS) is 13.3. The number of allylic oxidation sites excluding steroid dienone is 2. The first-order valence-corrected chi connectivity index (χ1v) is 16.3.